The maximum absolute atomic E-state index is 13.2. The average molecular weight is 378 g/mol. The molecule has 4 heterocycles. The topological polar surface area (TPSA) is 92.3 Å². The van der Waals surface area contributed by atoms with Crippen molar-refractivity contribution in [2.24, 2.45) is 0 Å². The molecule has 3 aromatic heterocycles. The van der Waals surface area contributed by atoms with E-state index in [0.29, 0.717) is 34.7 Å². The van der Waals surface area contributed by atoms with Crippen LogP contribution in [0.1, 0.15) is 11.1 Å². The Morgan fingerprint density at radius 1 is 1.10 bits per heavy atom. The molecule has 0 unspecified atom stereocenters. The molecule has 5 aromatic rings. The van der Waals surface area contributed by atoms with E-state index in [-0.39, 0.29) is 5.56 Å². The van der Waals surface area contributed by atoms with Crippen molar-refractivity contribution < 1.29 is 0 Å². The van der Waals surface area contributed by atoms with Gasteiger partial charge in [0, 0.05) is 17.4 Å². The molecule has 138 valence electrons. The lowest BCUT2D eigenvalue weighted by Gasteiger charge is -2.18. The molecule has 2 aromatic carbocycles. The highest BCUT2D eigenvalue weighted by atomic mass is 16.1. The number of nitrogens with one attached hydrogen (secondary N) is 1. The molecule has 0 atom stereocenters. The predicted octanol–water partition coefficient (Wildman–Crippen LogP) is 3.16. The Kier molecular flexibility index (Phi) is 3.09. The summed E-state index contributed by atoms with van der Waals surface area (Å²) < 4.78 is 3.34. The van der Waals surface area contributed by atoms with Gasteiger partial charge in [-0.1, -0.05) is 24.3 Å². The number of aromatic nitrogens is 5. The Bertz CT molecular complexity index is 1550. The quantitative estimate of drug-likeness (QED) is 0.485. The number of aryl methyl sites for hydroxylation is 1. The smallest absolute Gasteiger partial charge is 0.264 e. The van der Waals surface area contributed by atoms with E-state index in [2.05, 4.69) is 22.2 Å². The third kappa shape index (κ3) is 2.14. The molecular weight excluding hydrogens is 364 g/mol. The van der Waals surface area contributed by atoms with Crippen molar-refractivity contribution in [2.75, 3.05) is 0 Å². The van der Waals surface area contributed by atoms with Crippen molar-refractivity contribution in [3.8, 4) is 23.3 Å². The van der Waals surface area contributed by atoms with Crippen LogP contribution in [-0.2, 0) is 13.0 Å². The highest BCUT2D eigenvalue weighted by Crippen LogP contribution is 2.33. The van der Waals surface area contributed by atoms with Gasteiger partial charge in [0.2, 0.25) is 0 Å². The number of para-hydroxylation sites is 1. The van der Waals surface area contributed by atoms with Gasteiger partial charge in [-0.3, -0.25) is 9.36 Å². The average Bonchev–Trinajstić information content (AvgIpc) is 3.36. The number of nitriles is 1. The second-order valence-electron chi connectivity index (χ2n) is 7.12. The number of hydrogen-bond acceptors (Lipinski definition) is 4. The summed E-state index contributed by atoms with van der Waals surface area (Å²) in [6, 6.07) is 17.4. The first-order valence-corrected chi connectivity index (χ1v) is 9.33. The van der Waals surface area contributed by atoms with Gasteiger partial charge in [-0.05, 0) is 36.2 Å². The molecular formula is C22H14N6O. The zero-order chi connectivity index (χ0) is 19.5. The van der Waals surface area contributed by atoms with Gasteiger partial charge in [0.25, 0.3) is 5.56 Å². The SMILES string of the molecule is N#Cc1cccc(-n2ncc3c(=O)n4c(nc32)-c2[nH]c3ccccc3c2CC4)c1. The van der Waals surface area contributed by atoms with Crippen molar-refractivity contribution in [1.29, 1.82) is 5.26 Å². The number of rotatable bonds is 1. The van der Waals surface area contributed by atoms with Crippen LogP contribution in [-0.4, -0.2) is 24.3 Å². The lowest BCUT2D eigenvalue weighted by Crippen LogP contribution is -2.27. The van der Waals surface area contributed by atoms with E-state index in [9.17, 15) is 10.1 Å². The molecule has 0 aliphatic carbocycles. The fourth-order valence-corrected chi connectivity index (χ4v) is 4.17. The number of aromatic amines is 1. The van der Waals surface area contributed by atoms with Crippen molar-refractivity contribution in [3.63, 3.8) is 0 Å². The Labute approximate surface area is 164 Å². The van der Waals surface area contributed by atoms with Crippen LogP contribution in [0.5, 0.6) is 0 Å². The highest BCUT2D eigenvalue weighted by molar-refractivity contribution is 5.91. The number of H-pyrrole nitrogens is 1. The van der Waals surface area contributed by atoms with Crippen molar-refractivity contribution in [1.82, 2.24) is 24.3 Å². The summed E-state index contributed by atoms with van der Waals surface area (Å²) in [6.07, 6.45) is 2.33. The Hall–Kier alpha value is -4.18. The first-order chi connectivity index (χ1) is 14.2. The van der Waals surface area contributed by atoms with Gasteiger partial charge < -0.3 is 4.98 Å². The molecule has 29 heavy (non-hydrogen) atoms. The molecule has 0 radical (unpaired) electrons. The van der Waals surface area contributed by atoms with Crippen LogP contribution in [0.25, 0.3) is 39.1 Å². The molecule has 0 saturated heterocycles. The molecule has 0 spiro atoms. The fourth-order valence-electron chi connectivity index (χ4n) is 4.17. The van der Waals surface area contributed by atoms with Crippen LogP contribution >= 0.6 is 0 Å². The zero-order valence-corrected chi connectivity index (χ0v) is 15.3. The van der Waals surface area contributed by atoms with Gasteiger partial charge in [0.05, 0.1) is 29.2 Å². The van der Waals surface area contributed by atoms with E-state index in [0.717, 1.165) is 17.6 Å². The molecule has 7 nitrogen and oxygen atoms in total. The molecule has 6 rings (SSSR count). The normalized spacial score (nSPS) is 12.7. The van der Waals surface area contributed by atoms with Gasteiger partial charge in [0.15, 0.2) is 11.5 Å². The standard InChI is InChI=1S/C22H14N6O/c23-11-13-4-3-5-14(10-13)28-20-17(12-24-28)22(29)27-9-8-16-15-6-1-2-7-18(15)25-19(16)21(27)26-20/h1-7,10,12,25H,8-9H2. The van der Waals surface area contributed by atoms with E-state index in [1.165, 1.54) is 10.9 Å². The van der Waals surface area contributed by atoms with E-state index >= 15 is 0 Å². The molecule has 7 heteroatoms. The monoisotopic (exact) mass is 378 g/mol. The second kappa shape index (κ2) is 5.66. The predicted molar refractivity (Wildman–Crippen MR) is 109 cm³/mol. The van der Waals surface area contributed by atoms with Crippen molar-refractivity contribution in [3.05, 3.63) is 76.2 Å². The van der Waals surface area contributed by atoms with E-state index < -0.39 is 0 Å². The maximum Gasteiger partial charge on any atom is 0.264 e. The van der Waals surface area contributed by atoms with E-state index in [1.54, 1.807) is 33.6 Å². The van der Waals surface area contributed by atoms with Crippen molar-refractivity contribution >= 4 is 21.9 Å². The van der Waals surface area contributed by atoms with Crippen LogP contribution in [0.2, 0.25) is 0 Å². The van der Waals surface area contributed by atoms with Crippen molar-refractivity contribution in [2.45, 2.75) is 13.0 Å². The van der Waals surface area contributed by atoms with Gasteiger partial charge in [-0.25, -0.2) is 9.67 Å². The van der Waals surface area contributed by atoms with Crippen LogP contribution in [0.4, 0.5) is 0 Å². The lowest BCUT2D eigenvalue weighted by molar-refractivity contribution is 0.652. The minimum Gasteiger partial charge on any atom is -0.352 e. The minimum absolute atomic E-state index is 0.100. The first-order valence-electron chi connectivity index (χ1n) is 9.33. The summed E-state index contributed by atoms with van der Waals surface area (Å²) >= 11 is 0. The molecule has 0 amide bonds. The fraction of sp³-hybridized carbons (Fsp3) is 0.0909. The van der Waals surface area contributed by atoms with Gasteiger partial charge in [0.1, 0.15) is 5.39 Å². The molecule has 0 fully saturated rings. The molecule has 0 saturated carbocycles. The molecule has 1 aliphatic rings. The minimum atomic E-state index is -0.100. The summed E-state index contributed by atoms with van der Waals surface area (Å²) in [6.45, 7) is 0.584. The summed E-state index contributed by atoms with van der Waals surface area (Å²) in [5.74, 6) is 0.623. The van der Waals surface area contributed by atoms with Crippen LogP contribution < -0.4 is 5.56 Å². The molecule has 0 bridgehead atoms. The summed E-state index contributed by atoms with van der Waals surface area (Å²) in [5.41, 5.74) is 4.72. The van der Waals surface area contributed by atoms with E-state index in [1.807, 2.05) is 24.3 Å². The van der Waals surface area contributed by atoms with Crippen LogP contribution in [0, 0.1) is 11.3 Å². The summed E-state index contributed by atoms with van der Waals surface area (Å²) in [5, 5.41) is 15.2. The number of fused-ring (bicyclic) bond motifs is 6. The Balaban J connectivity index is 1.66. The third-order valence-electron chi connectivity index (χ3n) is 5.53. The maximum atomic E-state index is 13.2. The van der Waals surface area contributed by atoms with Crippen LogP contribution in [0.3, 0.4) is 0 Å². The largest absolute Gasteiger partial charge is 0.352 e. The second-order valence-corrected chi connectivity index (χ2v) is 7.12. The zero-order valence-electron chi connectivity index (χ0n) is 15.3. The first kappa shape index (κ1) is 15.8. The molecule has 1 N–H and O–H groups in total. The third-order valence-corrected chi connectivity index (χ3v) is 5.53. The lowest BCUT2D eigenvalue weighted by atomic mass is 10.0. The van der Waals surface area contributed by atoms with E-state index in [4.69, 9.17) is 4.98 Å². The number of hydrogen-bond donors (Lipinski definition) is 1. The van der Waals surface area contributed by atoms with Gasteiger partial charge in [-0.2, -0.15) is 10.4 Å². The summed E-state index contributed by atoms with van der Waals surface area (Å²) in [7, 11) is 0. The summed E-state index contributed by atoms with van der Waals surface area (Å²) in [4.78, 5) is 21.5. The van der Waals surface area contributed by atoms with Crippen LogP contribution in [0.15, 0.2) is 59.5 Å². The Morgan fingerprint density at radius 2 is 2.00 bits per heavy atom. The molecule has 1 aliphatic heterocycles. The Morgan fingerprint density at radius 3 is 2.90 bits per heavy atom. The number of benzene rings is 2. The van der Waals surface area contributed by atoms with Gasteiger partial charge in [-0.15, -0.1) is 0 Å². The van der Waals surface area contributed by atoms with Gasteiger partial charge >= 0.3 is 0 Å². The highest BCUT2D eigenvalue weighted by Gasteiger charge is 2.25. The number of nitrogens with zero attached hydrogens (tertiary/aromatic N) is 5.